The van der Waals surface area contributed by atoms with Crippen molar-refractivity contribution in [1.29, 1.82) is 0 Å². The lowest BCUT2D eigenvalue weighted by Gasteiger charge is -2.01. The number of aryl methyl sites for hydroxylation is 1. The van der Waals surface area contributed by atoms with Crippen molar-refractivity contribution in [3.05, 3.63) is 39.4 Å². The predicted octanol–water partition coefficient (Wildman–Crippen LogP) is 2.03. The van der Waals surface area contributed by atoms with Gasteiger partial charge in [0.2, 0.25) is 0 Å². The molecule has 0 unspecified atom stereocenters. The summed E-state index contributed by atoms with van der Waals surface area (Å²) in [6.07, 6.45) is 0. The van der Waals surface area contributed by atoms with Gasteiger partial charge >= 0.3 is 5.97 Å². The largest absolute Gasteiger partial charge is 0.477 e. The molecule has 6 heteroatoms. The smallest absolute Gasteiger partial charge is 0.346 e. The highest BCUT2D eigenvalue weighted by Crippen LogP contribution is 2.16. The van der Waals surface area contributed by atoms with Crippen molar-refractivity contribution in [3.8, 4) is 0 Å². The van der Waals surface area contributed by atoms with E-state index < -0.39 is 5.97 Å². The number of carbonyl (C=O) groups is 1. The molecule has 2 rings (SSSR count). The Morgan fingerprint density at radius 1 is 1.59 bits per heavy atom. The topological polar surface area (TPSA) is 75.4 Å². The first kappa shape index (κ1) is 11.8. The summed E-state index contributed by atoms with van der Waals surface area (Å²) < 4.78 is 5.04. The van der Waals surface area contributed by atoms with Crippen LogP contribution in [0.25, 0.3) is 0 Å². The van der Waals surface area contributed by atoms with Crippen LogP contribution in [0.4, 0.5) is 0 Å². The Bertz CT molecular complexity index is 518. The maximum atomic E-state index is 10.9. The highest BCUT2D eigenvalue weighted by Gasteiger charge is 2.11. The standard InChI is InChI=1S/C11H12N2O3S/c1-7-4-9(16-13-7)6-12-5-8-2-3-17-10(8)11(14)15/h2-4,12H,5-6H2,1H3,(H,14,15). The number of hydrogen-bond acceptors (Lipinski definition) is 5. The van der Waals surface area contributed by atoms with Gasteiger partial charge in [0.15, 0.2) is 5.76 Å². The summed E-state index contributed by atoms with van der Waals surface area (Å²) in [5.41, 5.74) is 1.63. The number of aromatic nitrogens is 1. The Morgan fingerprint density at radius 3 is 3.06 bits per heavy atom. The summed E-state index contributed by atoms with van der Waals surface area (Å²) in [6, 6.07) is 3.66. The summed E-state index contributed by atoms with van der Waals surface area (Å²) in [4.78, 5) is 11.3. The average Bonchev–Trinajstić information content (AvgIpc) is 2.87. The number of nitrogens with zero attached hydrogens (tertiary/aromatic N) is 1. The monoisotopic (exact) mass is 252 g/mol. The molecule has 0 saturated heterocycles. The average molecular weight is 252 g/mol. The van der Waals surface area contributed by atoms with Gasteiger partial charge in [-0.1, -0.05) is 5.16 Å². The minimum Gasteiger partial charge on any atom is -0.477 e. The Labute approximate surface area is 102 Å². The third-order valence-corrected chi connectivity index (χ3v) is 3.18. The van der Waals surface area contributed by atoms with Crippen LogP contribution in [0.3, 0.4) is 0 Å². The molecule has 90 valence electrons. The zero-order chi connectivity index (χ0) is 12.3. The van der Waals surface area contributed by atoms with Crippen LogP contribution in [0.5, 0.6) is 0 Å². The van der Waals surface area contributed by atoms with Crippen LogP contribution in [0, 0.1) is 6.92 Å². The molecule has 2 aromatic heterocycles. The summed E-state index contributed by atoms with van der Waals surface area (Å²) >= 11 is 1.23. The van der Waals surface area contributed by atoms with Crippen molar-refractivity contribution >= 4 is 17.3 Å². The third kappa shape index (κ3) is 2.92. The van der Waals surface area contributed by atoms with Crippen LogP contribution in [0.15, 0.2) is 22.0 Å². The Balaban J connectivity index is 1.90. The zero-order valence-electron chi connectivity index (χ0n) is 9.27. The van der Waals surface area contributed by atoms with E-state index in [-0.39, 0.29) is 0 Å². The quantitative estimate of drug-likeness (QED) is 0.851. The van der Waals surface area contributed by atoms with E-state index >= 15 is 0 Å². The fraction of sp³-hybridized carbons (Fsp3) is 0.273. The molecular weight excluding hydrogens is 240 g/mol. The van der Waals surface area contributed by atoms with E-state index in [0.717, 1.165) is 17.0 Å². The molecule has 0 aliphatic rings. The first-order valence-corrected chi connectivity index (χ1v) is 5.97. The van der Waals surface area contributed by atoms with Gasteiger partial charge in [-0.05, 0) is 23.9 Å². The van der Waals surface area contributed by atoms with Crippen molar-refractivity contribution in [2.24, 2.45) is 0 Å². The molecule has 5 nitrogen and oxygen atoms in total. The lowest BCUT2D eigenvalue weighted by molar-refractivity contribution is 0.0701. The summed E-state index contributed by atoms with van der Waals surface area (Å²) in [5.74, 6) is -0.137. The van der Waals surface area contributed by atoms with Gasteiger partial charge in [0.25, 0.3) is 0 Å². The van der Waals surface area contributed by atoms with E-state index in [1.165, 1.54) is 11.3 Å². The molecule has 0 aliphatic carbocycles. The number of rotatable bonds is 5. The van der Waals surface area contributed by atoms with Crippen LogP contribution >= 0.6 is 11.3 Å². The van der Waals surface area contributed by atoms with Gasteiger partial charge < -0.3 is 14.9 Å². The number of nitrogens with one attached hydrogen (secondary N) is 1. The molecule has 0 aromatic carbocycles. The van der Waals surface area contributed by atoms with E-state index in [0.29, 0.717) is 18.0 Å². The second kappa shape index (κ2) is 5.11. The van der Waals surface area contributed by atoms with Gasteiger partial charge in [0, 0.05) is 12.6 Å². The van der Waals surface area contributed by atoms with Crippen LogP contribution in [-0.4, -0.2) is 16.2 Å². The molecular formula is C11H12N2O3S. The van der Waals surface area contributed by atoms with Gasteiger partial charge in [-0.2, -0.15) is 0 Å². The molecule has 0 radical (unpaired) electrons. The van der Waals surface area contributed by atoms with Gasteiger partial charge in [0.1, 0.15) is 4.88 Å². The molecule has 0 bridgehead atoms. The molecule has 0 atom stereocenters. The van der Waals surface area contributed by atoms with E-state index in [9.17, 15) is 4.79 Å². The Hall–Kier alpha value is -1.66. The molecule has 17 heavy (non-hydrogen) atoms. The lowest BCUT2D eigenvalue weighted by atomic mass is 10.2. The number of carboxylic acid groups (broad SMARTS) is 1. The fourth-order valence-electron chi connectivity index (χ4n) is 1.48. The third-order valence-electron chi connectivity index (χ3n) is 2.23. The normalized spacial score (nSPS) is 10.6. The molecule has 0 fully saturated rings. The van der Waals surface area contributed by atoms with Crippen LogP contribution in [0.2, 0.25) is 0 Å². The minimum absolute atomic E-state index is 0.381. The maximum absolute atomic E-state index is 10.9. The molecule has 2 N–H and O–H groups in total. The number of carboxylic acids is 1. The molecule has 0 amide bonds. The lowest BCUT2D eigenvalue weighted by Crippen LogP contribution is -2.13. The first-order valence-electron chi connectivity index (χ1n) is 5.09. The van der Waals surface area contributed by atoms with E-state index in [1.807, 2.05) is 19.1 Å². The first-order chi connectivity index (χ1) is 8.16. The van der Waals surface area contributed by atoms with Crippen molar-refractivity contribution in [3.63, 3.8) is 0 Å². The van der Waals surface area contributed by atoms with Crippen LogP contribution in [0.1, 0.15) is 26.7 Å². The van der Waals surface area contributed by atoms with Crippen molar-refractivity contribution in [2.45, 2.75) is 20.0 Å². The van der Waals surface area contributed by atoms with Crippen molar-refractivity contribution < 1.29 is 14.4 Å². The number of aromatic carboxylic acids is 1. The zero-order valence-corrected chi connectivity index (χ0v) is 10.1. The van der Waals surface area contributed by atoms with Crippen LogP contribution < -0.4 is 5.32 Å². The van der Waals surface area contributed by atoms with E-state index in [1.54, 1.807) is 5.38 Å². The van der Waals surface area contributed by atoms with Gasteiger partial charge in [0.05, 0.1) is 12.2 Å². The SMILES string of the molecule is Cc1cc(CNCc2ccsc2C(=O)O)on1. The predicted molar refractivity (Wildman–Crippen MR) is 63.1 cm³/mol. The van der Waals surface area contributed by atoms with Gasteiger partial charge in [-0.15, -0.1) is 11.3 Å². The molecule has 0 saturated carbocycles. The van der Waals surface area contributed by atoms with E-state index in [2.05, 4.69) is 10.5 Å². The van der Waals surface area contributed by atoms with E-state index in [4.69, 9.17) is 9.63 Å². The molecule has 2 heterocycles. The van der Waals surface area contributed by atoms with Gasteiger partial charge in [-0.25, -0.2) is 4.79 Å². The van der Waals surface area contributed by atoms with Crippen LogP contribution in [-0.2, 0) is 13.1 Å². The van der Waals surface area contributed by atoms with Crippen molar-refractivity contribution in [2.75, 3.05) is 0 Å². The molecule has 0 aliphatic heterocycles. The summed E-state index contributed by atoms with van der Waals surface area (Å²) in [6.45, 7) is 2.90. The van der Waals surface area contributed by atoms with Crippen molar-refractivity contribution in [1.82, 2.24) is 10.5 Å². The highest BCUT2D eigenvalue weighted by molar-refractivity contribution is 7.12. The fourth-order valence-corrected chi connectivity index (χ4v) is 2.24. The van der Waals surface area contributed by atoms with Gasteiger partial charge in [-0.3, -0.25) is 0 Å². The maximum Gasteiger partial charge on any atom is 0.346 e. The minimum atomic E-state index is -0.882. The summed E-state index contributed by atoms with van der Waals surface area (Å²) in [7, 11) is 0. The Morgan fingerprint density at radius 2 is 2.41 bits per heavy atom. The highest BCUT2D eigenvalue weighted by atomic mass is 32.1. The second-order valence-electron chi connectivity index (χ2n) is 3.62. The Kier molecular flexibility index (Phi) is 3.55. The summed E-state index contributed by atoms with van der Waals surface area (Å²) in [5, 5.41) is 17.6. The second-order valence-corrected chi connectivity index (χ2v) is 4.53. The number of hydrogen-bond donors (Lipinski definition) is 2. The molecule has 2 aromatic rings. The number of thiophene rings is 1. The molecule has 0 spiro atoms.